The average Bonchev–Trinajstić information content (AvgIpc) is 2.83. The monoisotopic (exact) mass is 442 g/mol. The van der Waals surface area contributed by atoms with E-state index in [1.54, 1.807) is 12.3 Å². The van der Waals surface area contributed by atoms with Gasteiger partial charge < -0.3 is 9.64 Å². The van der Waals surface area contributed by atoms with Crippen molar-refractivity contribution < 1.29 is 9.53 Å². The quantitative estimate of drug-likeness (QED) is 0.392. The molecule has 33 heavy (non-hydrogen) atoms. The van der Waals surface area contributed by atoms with Gasteiger partial charge in [0.2, 0.25) is 0 Å². The SMILES string of the molecule is CCc1cc(N(C)c2ccc(Oc3nc4cnccc4c(=O)[nH]3)cc2)ccc1C(=O)C(C)C. The number of hydrogen-bond acceptors (Lipinski definition) is 6. The molecule has 0 spiro atoms. The van der Waals surface area contributed by atoms with Gasteiger partial charge in [-0.25, -0.2) is 0 Å². The molecule has 0 aliphatic carbocycles. The molecule has 2 aromatic heterocycles. The third kappa shape index (κ3) is 4.62. The van der Waals surface area contributed by atoms with E-state index in [9.17, 15) is 9.59 Å². The summed E-state index contributed by atoms with van der Waals surface area (Å²) < 4.78 is 5.76. The highest BCUT2D eigenvalue weighted by atomic mass is 16.5. The summed E-state index contributed by atoms with van der Waals surface area (Å²) in [5.41, 5.74) is 3.98. The van der Waals surface area contributed by atoms with Crippen LogP contribution in [0.15, 0.2) is 65.7 Å². The van der Waals surface area contributed by atoms with Crippen LogP contribution >= 0.6 is 0 Å². The summed E-state index contributed by atoms with van der Waals surface area (Å²) in [4.78, 5) is 37.7. The van der Waals surface area contributed by atoms with Gasteiger partial charge in [0.1, 0.15) is 5.75 Å². The molecule has 7 nitrogen and oxygen atoms in total. The number of benzene rings is 2. The van der Waals surface area contributed by atoms with Gasteiger partial charge in [-0.2, -0.15) is 4.98 Å². The number of rotatable bonds is 7. The van der Waals surface area contributed by atoms with Crippen LogP contribution in [0.2, 0.25) is 0 Å². The highest BCUT2D eigenvalue weighted by Gasteiger charge is 2.16. The predicted octanol–water partition coefficient (Wildman–Crippen LogP) is 5.28. The van der Waals surface area contributed by atoms with Crippen LogP contribution in [0.5, 0.6) is 11.8 Å². The number of aromatic nitrogens is 3. The predicted molar refractivity (Wildman–Crippen MR) is 130 cm³/mol. The summed E-state index contributed by atoms with van der Waals surface area (Å²) in [7, 11) is 1.98. The minimum Gasteiger partial charge on any atom is -0.426 e. The fraction of sp³-hybridized carbons (Fsp3) is 0.231. The topological polar surface area (TPSA) is 88.2 Å². The van der Waals surface area contributed by atoms with Crippen LogP contribution in [0.1, 0.15) is 36.7 Å². The Kier molecular flexibility index (Phi) is 6.22. The molecule has 168 valence electrons. The van der Waals surface area contributed by atoms with Gasteiger partial charge in [0.05, 0.1) is 17.1 Å². The summed E-state index contributed by atoms with van der Waals surface area (Å²) in [5.74, 6) is 0.680. The van der Waals surface area contributed by atoms with Crippen molar-refractivity contribution in [2.75, 3.05) is 11.9 Å². The van der Waals surface area contributed by atoms with Crippen molar-refractivity contribution >= 4 is 28.1 Å². The first-order chi connectivity index (χ1) is 15.9. The second-order valence-corrected chi connectivity index (χ2v) is 8.13. The number of ether oxygens (including phenoxy) is 1. The number of hydrogen-bond donors (Lipinski definition) is 1. The van der Waals surface area contributed by atoms with E-state index < -0.39 is 0 Å². The van der Waals surface area contributed by atoms with Crippen molar-refractivity contribution in [2.45, 2.75) is 27.2 Å². The Morgan fingerprint density at radius 1 is 1.09 bits per heavy atom. The molecule has 2 heterocycles. The molecule has 2 aromatic carbocycles. The second kappa shape index (κ2) is 9.24. The Hall–Kier alpha value is -4.00. The van der Waals surface area contributed by atoms with Crippen molar-refractivity contribution in [3.63, 3.8) is 0 Å². The standard InChI is InChI=1S/C26H26N4O3/c1-5-17-14-19(8-11-21(17)24(31)16(2)3)30(4)18-6-9-20(10-7-18)33-26-28-23-15-27-13-12-22(23)25(32)29-26/h6-16H,5H2,1-4H3,(H,28,29,32). The van der Waals surface area contributed by atoms with Gasteiger partial charge in [-0.1, -0.05) is 20.8 Å². The van der Waals surface area contributed by atoms with Gasteiger partial charge in [-0.15, -0.1) is 0 Å². The van der Waals surface area contributed by atoms with E-state index in [0.29, 0.717) is 16.7 Å². The lowest BCUT2D eigenvalue weighted by Crippen LogP contribution is -2.13. The highest BCUT2D eigenvalue weighted by Crippen LogP contribution is 2.29. The third-order valence-corrected chi connectivity index (χ3v) is 5.57. The molecular formula is C26H26N4O3. The maximum absolute atomic E-state index is 12.5. The normalized spacial score (nSPS) is 11.1. The van der Waals surface area contributed by atoms with E-state index >= 15 is 0 Å². The Balaban J connectivity index is 1.55. The average molecular weight is 443 g/mol. The second-order valence-electron chi connectivity index (χ2n) is 8.13. The zero-order valence-corrected chi connectivity index (χ0v) is 19.1. The lowest BCUT2D eigenvalue weighted by molar-refractivity contribution is 0.0938. The summed E-state index contributed by atoms with van der Waals surface area (Å²) in [6, 6.07) is 15.2. The molecule has 7 heteroatoms. The number of fused-ring (bicyclic) bond motifs is 1. The van der Waals surface area contributed by atoms with Crippen molar-refractivity contribution in [1.29, 1.82) is 0 Å². The summed E-state index contributed by atoms with van der Waals surface area (Å²) in [6.45, 7) is 5.90. The number of Topliss-reactive ketones (excluding diaryl/α,β-unsaturated/α-hetero) is 1. The smallest absolute Gasteiger partial charge is 0.302 e. The number of carbonyl (C=O) groups is 1. The number of aryl methyl sites for hydroxylation is 1. The Morgan fingerprint density at radius 3 is 2.52 bits per heavy atom. The van der Waals surface area contributed by atoms with Gasteiger partial charge in [0.15, 0.2) is 5.78 Å². The molecule has 4 aromatic rings. The van der Waals surface area contributed by atoms with Crippen LogP contribution in [-0.4, -0.2) is 27.8 Å². The Bertz CT molecular complexity index is 1360. The minimum atomic E-state index is -0.278. The number of aromatic amines is 1. The Labute approximate surface area is 192 Å². The van der Waals surface area contributed by atoms with Crippen molar-refractivity contribution in [3.8, 4) is 11.8 Å². The summed E-state index contributed by atoms with van der Waals surface area (Å²) >= 11 is 0. The number of ketones is 1. The van der Waals surface area contributed by atoms with E-state index in [4.69, 9.17) is 4.74 Å². The lowest BCUT2D eigenvalue weighted by Gasteiger charge is -2.22. The van der Waals surface area contributed by atoms with Crippen molar-refractivity contribution in [2.24, 2.45) is 5.92 Å². The van der Waals surface area contributed by atoms with Crippen LogP contribution in [-0.2, 0) is 6.42 Å². The molecule has 0 aliphatic heterocycles. The Morgan fingerprint density at radius 2 is 1.82 bits per heavy atom. The zero-order valence-electron chi connectivity index (χ0n) is 19.1. The van der Waals surface area contributed by atoms with Crippen LogP contribution in [0.25, 0.3) is 10.9 Å². The first-order valence-electron chi connectivity index (χ1n) is 10.9. The fourth-order valence-electron chi connectivity index (χ4n) is 3.65. The lowest BCUT2D eigenvalue weighted by atomic mass is 9.94. The van der Waals surface area contributed by atoms with Crippen LogP contribution in [0.3, 0.4) is 0 Å². The van der Waals surface area contributed by atoms with Gasteiger partial charge in [0, 0.05) is 36.1 Å². The fourth-order valence-corrected chi connectivity index (χ4v) is 3.65. The molecule has 1 N–H and O–H groups in total. The van der Waals surface area contributed by atoms with Crippen LogP contribution in [0.4, 0.5) is 11.4 Å². The first kappa shape index (κ1) is 22.2. The molecule has 0 amide bonds. The zero-order chi connectivity index (χ0) is 23.5. The van der Waals surface area contributed by atoms with E-state index in [2.05, 4.69) is 27.9 Å². The molecule has 0 aliphatic rings. The third-order valence-electron chi connectivity index (χ3n) is 5.57. The maximum Gasteiger partial charge on any atom is 0.302 e. The van der Waals surface area contributed by atoms with Crippen LogP contribution in [0, 0.1) is 5.92 Å². The molecule has 0 atom stereocenters. The minimum absolute atomic E-state index is 0.0327. The number of carbonyl (C=O) groups excluding carboxylic acids is 1. The van der Waals surface area contributed by atoms with Gasteiger partial charge >= 0.3 is 6.01 Å². The van der Waals surface area contributed by atoms with Crippen molar-refractivity contribution in [3.05, 3.63) is 82.4 Å². The molecular weight excluding hydrogens is 416 g/mol. The molecule has 4 rings (SSSR count). The van der Waals surface area contributed by atoms with E-state index in [1.165, 1.54) is 6.20 Å². The number of H-pyrrole nitrogens is 1. The van der Waals surface area contributed by atoms with Crippen molar-refractivity contribution in [1.82, 2.24) is 15.0 Å². The molecule has 0 unspecified atom stereocenters. The maximum atomic E-state index is 12.5. The van der Waals surface area contributed by atoms with Crippen LogP contribution < -0.4 is 15.2 Å². The van der Waals surface area contributed by atoms with Gasteiger partial charge in [-0.3, -0.25) is 19.6 Å². The first-order valence-corrected chi connectivity index (χ1v) is 10.9. The molecule has 0 saturated carbocycles. The number of pyridine rings is 1. The van der Waals surface area contributed by atoms with E-state index in [0.717, 1.165) is 28.9 Å². The summed E-state index contributed by atoms with van der Waals surface area (Å²) in [6.07, 6.45) is 3.86. The molecule has 0 bridgehead atoms. The van der Waals surface area contributed by atoms with Gasteiger partial charge in [-0.05, 0) is 60.5 Å². The van der Waals surface area contributed by atoms with E-state index in [1.807, 2.05) is 62.2 Å². The number of anilines is 2. The van der Waals surface area contributed by atoms with E-state index in [-0.39, 0.29) is 23.3 Å². The summed E-state index contributed by atoms with van der Waals surface area (Å²) in [5, 5.41) is 0.460. The van der Waals surface area contributed by atoms with Gasteiger partial charge in [0.25, 0.3) is 5.56 Å². The molecule has 0 radical (unpaired) electrons. The highest BCUT2D eigenvalue weighted by molar-refractivity contribution is 5.99. The molecule has 0 saturated heterocycles. The molecule has 0 fully saturated rings. The number of nitrogens with zero attached hydrogens (tertiary/aromatic N) is 3. The largest absolute Gasteiger partial charge is 0.426 e. The number of nitrogens with one attached hydrogen (secondary N) is 1.